The van der Waals surface area contributed by atoms with Crippen LogP contribution in [0.15, 0.2) is 19.0 Å². The van der Waals surface area contributed by atoms with Gasteiger partial charge in [0.25, 0.3) is 0 Å². The van der Waals surface area contributed by atoms with Crippen molar-refractivity contribution in [2.45, 2.75) is 32.4 Å². The van der Waals surface area contributed by atoms with E-state index in [0.29, 0.717) is 0 Å². The lowest BCUT2D eigenvalue weighted by atomic mass is 10.2. The number of rotatable bonds is 4. The summed E-state index contributed by atoms with van der Waals surface area (Å²) in [7, 11) is 0. The Hall–Kier alpha value is -1.82. The van der Waals surface area contributed by atoms with E-state index in [-0.39, 0.29) is 12.6 Å². The summed E-state index contributed by atoms with van der Waals surface area (Å²) >= 11 is 0. The SMILES string of the molecule is C=Cn1cc(C(N)CNC(=O)OC(C)(C)C)cn1. The van der Waals surface area contributed by atoms with Gasteiger partial charge in [-0.1, -0.05) is 6.58 Å². The Morgan fingerprint density at radius 2 is 2.39 bits per heavy atom. The second-order valence-electron chi connectivity index (χ2n) is 4.93. The van der Waals surface area contributed by atoms with Crippen molar-refractivity contribution >= 4 is 12.3 Å². The Labute approximate surface area is 107 Å². The second kappa shape index (κ2) is 5.68. The average Bonchev–Trinajstić information content (AvgIpc) is 2.72. The van der Waals surface area contributed by atoms with Gasteiger partial charge in [-0.2, -0.15) is 5.10 Å². The zero-order chi connectivity index (χ0) is 13.8. The number of carbonyl (C=O) groups excluding carboxylic acids is 1. The molecule has 6 heteroatoms. The number of amides is 1. The van der Waals surface area contributed by atoms with Crippen LogP contribution in [-0.2, 0) is 4.74 Å². The van der Waals surface area contributed by atoms with Gasteiger partial charge in [0.05, 0.1) is 12.2 Å². The van der Waals surface area contributed by atoms with Gasteiger partial charge in [0.15, 0.2) is 0 Å². The molecule has 0 aromatic carbocycles. The minimum absolute atomic E-state index is 0.289. The summed E-state index contributed by atoms with van der Waals surface area (Å²) in [6.45, 7) is 9.30. The van der Waals surface area contributed by atoms with Crippen molar-refractivity contribution in [3.8, 4) is 0 Å². The molecule has 1 aromatic heterocycles. The largest absolute Gasteiger partial charge is 0.444 e. The molecule has 1 rings (SSSR count). The number of aromatic nitrogens is 2. The van der Waals surface area contributed by atoms with Crippen LogP contribution in [0.25, 0.3) is 6.20 Å². The maximum atomic E-state index is 11.4. The fraction of sp³-hybridized carbons (Fsp3) is 0.500. The van der Waals surface area contributed by atoms with Gasteiger partial charge in [-0.05, 0) is 20.8 Å². The number of nitrogens with one attached hydrogen (secondary N) is 1. The first-order chi connectivity index (χ1) is 8.31. The molecule has 0 spiro atoms. The van der Waals surface area contributed by atoms with E-state index in [0.717, 1.165) is 5.56 Å². The van der Waals surface area contributed by atoms with Crippen LogP contribution in [0, 0.1) is 0 Å². The first-order valence-corrected chi connectivity index (χ1v) is 5.71. The lowest BCUT2D eigenvalue weighted by Crippen LogP contribution is -2.36. The van der Waals surface area contributed by atoms with E-state index in [1.165, 1.54) is 0 Å². The van der Waals surface area contributed by atoms with Crippen LogP contribution >= 0.6 is 0 Å². The van der Waals surface area contributed by atoms with Crippen molar-refractivity contribution in [3.63, 3.8) is 0 Å². The molecule has 0 saturated heterocycles. The van der Waals surface area contributed by atoms with Gasteiger partial charge in [-0.3, -0.25) is 0 Å². The molecule has 0 fully saturated rings. The molecular weight excluding hydrogens is 232 g/mol. The van der Waals surface area contributed by atoms with E-state index >= 15 is 0 Å². The summed E-state index contributed by atoms with van der Waals surface area (Å²) in [6.07, 6.45) is 4.49. The minimum atomic E-state index is -0.512. The van der Waals surface area contributed by atoms with E-state index in [9.17, 15) is 4.79 Å². The summed E-state index contributed by atoms with van der Waals surface area (Å²) < 4.78 is 6.67. The molecule has 1 unspecified atom stereocenters. The Kier molecular flexibility index (Phi) is 4.49. The first kappa shape index (κ1) is 14.2. The molecule has 1 heterocycles. The number of nitrogens with zero attached hydrogens (tertiary/aromatic N) is 2. The summed E-state index contributed by atoms with van der Waals surface area (Å²) in [6, 6.07) is -0.328. The van der Waals surface area contributed by atoms with Crippen LogP contribution in [0.5, 0.6) is 0 Å². The van der Waals surface area contributed by atoms with E-state index in [4.69, 9.17) is 10.5 Å². The zero-order valence-corrected chi connectivity index (χ0v) is 11.0. The molecule has 6 nitrogen and oxygen atoms in total. The topological polar surface area (TPSA) is 82.2 Å². The minimum Gasteiger partial charge on any atom is -0.444 e. The molecule has 1 atom stereocenters. The molecule has 0 aliphatic carbocycles. The van der Waals surface area contributed by atoms with E-state index < -0.39 is 11.7 Å². The maximum Gasteiger partial charge on any atom is 0.407 e. The third kappa shape index (κ3) is 4.58. The Morgan fingerprint density at radius 3 is 2.89 bits per heavy atom. The van der Waals surface area contributed by atoms with Crippen LogP contribution in [0.3, 0.4) is 0 Å². The van der Waals surface area contributed by atoms with E-state index in [2.05, 4.69) is 17.0 Å². The van der Waals surface area contributed by atoms with Crippen molar-refractivity contribution in [3.05, 3.63) is 24.5 Å². The van der Waals surface area contributed by atoms with Crippen molar-refractivity contribution in [1.82, 2.24) is 15.1 Å². The maximum absolute atomic E-state index is 11.4. The zero-order valence-electron chi connectivity index (χ0n) is 11.0. The van der Waals surface area contributed by atoms with Crippen LogP contribution in [0.2, 0.25) is 0 Å². The van der Waals surface area contributed by atoms with Gasteiger partial charge in [0, 0.05) is 24.5 Å². The van der Waals surface area contributed by atoms with E-state index in [1.54, 1.807) is 44.0 Å². The molecule has 0 saturated carbocycles. The van der Waals surface area contributed by atoms with Crippen molar-refractivity contribution in [2.24, 2.45) is 5.73 Å². The number of hydrogen-bond acceptors (Lipinski definition) is 4. The smallest absolute Gasteiger partial charge is 0.407 e. The predicted molar refractivity (Wildman–Crippen MR) is 69.8 cm³/mol. The Balaban J connectivity index is 2.43. The highest BCUT2D eigenvalue weighted by atomic mass is 16.6. The first-order valence-electron chi connectivity index (χ1n) is 5.71. The van der Waals surface area contributed by atoms with Gasteiger partial charge in [-0.15, -0.1) is 0 Å². The Morgan fingerprint density at radius 1 is 1.72 bits per heavy atom. The number of carbonyl (C=O) groups is 1. The van der Waals surface area contributed by atoms with Gasteiger partial charge in [0.1, 0.15) is 5.60 Å². The molecule has 18 heavy (non-hydrogen) atoms. The number of ether oxygens (including phenoxy) is 1. The quantitative estimate of drug-likeness (QED) is 0.851. The third-order valence-electron chi connectivity index (χ3n) is 2.10. The van der Waals surface area contributed by atoms with Crippen molar-refractivity contribution in [1.29, 1.82) is 0 Å². The van der Waals surface area contributed by atoms with Crippen molar-refractivity contribution < 1.29 is 9.53 Å². The third-order valence-corrected chi connectivity index (χ3v) is 2.10. The summed E-state index contributed by atoms with van der Waals surface area (Å²) in [4.78, 5) is 11.4. The molecule has 0 radical (unpaired) electrons. The predicted octanol–water partition coefficient (Wildman–Crippen LogP) is 1.51. The molecule has 100 valence electrons. The molecule has 1 aromatic rings. The molecule has 3 N–H and O–H groups in total. The van der Waals surface area contributed by atoms with Crippen LogP contribution in [-0.4, -0.2) is 28.0 Å². The Bertz CT molecular complexity index is 420. The molecule has 1 amide bonds. The van der Waals surface area contributed by atoms with E-state index in [1.807, 2.05) is 0 Å². The highest BCUT2D eigenvalue weighted by molar-refractivity contribution is 5.67. The fourth-order valence-corrected chi connectivity index (χ4v) is 1.27. The highest BCUT2D eigenvalue weighted by Crippen LogP contribution is 2.09. The molecule has 0 bridgehead atoms. The summed E-state index contributed by atoms with van der Waals surface area (Å²) in [5.41, 5.74) is 6.23. The van der Waals surface area contributed by atoms with Gasteiger partial charge >= 0.3 is 6.09 Å². The molecule has 0 aliphatic heterocycles. The number of alkyl carbamates (subject to hydrolysis) is 1. The van der Waals surface area contributed by atoms with Crippen molar-refractivity contribution in [2.75, 3.05) is 6.54 Å². The number of hydrogen-bond donors (Lipinski definition) is 2. The van der Waals surface area contributed by atoms with Crippen LogP contribution in [0.1, 0.15) is 32.4 Å². The monoisotopic (exact) mass is 252 g/mol. The summed E-state index contributed by atoms with van der Waals surface area (Å²) in [5, 5.41) is 6.63. The average molecular weight is 252 g/mol. The van der Waals surface area contributed by atoms with Crippen LogP contribution < -0.4 is 11.1 Å². The van der Waals surface area contributed by atoms with Gasteiger partial charge < -0.3 is 15.8 Å². The van der Waals surface area contributed by atoms with Gasteiger partial charge in [0.2, 0.25) is 0 Å². The lowest BCUT2D eigenvalue weighted by Gasteiger charge is -2.20. The second-order valence-corrected chi connectivity index (χ2v) is 4.93. The standard InChI is InChI=1S/C12H20N4O2/c1-5-16-8-9(6-15-16)10(13)7-14-11(17)18-12(2,3)4/h5-6,8,10H,1,7,13H2,2-4H3,(H,14,17). The van der Waals surface area contributed by atoms with Crippen LogP contribution in [0.4, 0.5) is 4.79 Å². The summed E-state index contributed by atoms with van der Waals surface area (Å²) in [5.74, 6) is 0. The number of nitrogens with two attached hydrogens (primary N) is 1. The normalized spacial score (nSPS) is 12.9. The lowest BCUT2D eigenvalue weighted by molar-refractivity contribution is 0.0524. The molecule has 0 aliphatic rings. The fourth-order valence-electron chi connectivity index (χ4n) is 1.27. The molecular formula is C12H20N4O2. The van der Waals surface area contributed by atoms with Gasteiger partial charge in [-0.25, -0.2) is 9.48 Å². The highest BCUT2D eigenvalue weighted by Gasteiger charge is 2.17.